The van der Waals surface area contributed by atoms with Crippen LogP contribution in [0.15, 0.2) is 23.4 Å². The number of hydrogen-bond acceptors (Lipinski definition) is 4. The van der Waals surface area contributed by atoms with Gasteiger partial charge in [0.1, 0.15) is 0 Å². The highest BCUT2D eigenvalue weighted by Crippen LogP contribution is 2.13. The lowest BCUT2D eigenvalue weighted by Crippen LogP contribution is -2.35. The highest BCUT2D eigenvalue weighted by molar-refractivity contribution is 7.89. The summed E-state index contributed by atoms with van der Waals surface area (Å²) in [7, 11) is -3.60. The Bertz CT molecular complexity index is 367. The van der Waals surface area contributed by atoms with Crippen LogP contribution in [0.1, 0.15) is 0 Å². The maximum absolute atomic E-state index is 11.9. The van der Waals surface area contributed by atoms with Crippen molar-refractivity contribution in [2.24, 2.45) is 0 Å². The minimum atomic E-state index is -3.60. The van der Waals surface area contributed by atoms with E-state index in [1.165, 1.54) is 18.5 Å². The standard InChI is InChI=1S/C8H14N2O4S/c11-5-3-10(4-6-12)15(13,14)8-1-2-9-7-8/h1-2,7,9,11-12H,3-6H2. The van der Waals surface area contributed by atoms with Crippen LogP contribution in [-0.2, 0) is 10.0 Å². The summed E-state index contributed by atoms with van der Waals surface area (Å²) in [5.41, 5.74) is 0. The van der Waals surface area contributed by atoms with Crippen molar-refractivity contribution >= 4 is 10.0 Å². The molecule has 0 aliphatic carbocycles. The number of sulfonamides is 1. The third-order valence-corrected chi connectivity index (χ3v) is 3.80. The summed E-state index contributed by atoms with van der Waals surface area (Å²) in [6.07, 6.45) is 2.86. The molecule has 0 saturated carbocycles. The summed E-state index contributed by atoms with van der Waals surface area (Å²) < 4.78 is 24.8. The van der Waals surface area contributed by atoms with E-state index in [4.69, 9.17) is 10.2 Å². The van der Waals surface area contributed by atoms with E-state index in [1.54, 1.807) is 0 Å². The van der Waals surface area contributed by atoms with Gasteiger partial charge in [-0.2, -0.15) is 4.31 Å². The van der Waals surface area contributed by atoms with Crippen molar-refractivity contribution in [2.75, 3.05) is 26.3 Å². The van der Waals surface area contributed by atoms with Gasteiger partial charge in [-0.1, -0.05) is 0 Å². The first kappa shape index (κ1) is 12.2. The van der Waals surface area contributed by atoms with E-state index in [0.717, 1.165) is 4.31 Å². The van der Waals surface area contributed by atoms with Crippen molar-refractivity contribution in [1.82, 2.24) is 9.29 Å². The van der Waals surface area contributed by atoms with Gasteiger partial charge in [-0.25, -0.2) is 8.42 Å². The Morgan fingerprint density at radius 3 is 2.27 bits per heavy atom. The molecule has 0 aliphatic heterocycles. The first-order chi connectivity index (χ1) is 7.12. The van der Waals surface area contributed by atoms with Gasteiger partial charge in [0.25, 0.3) is 0 Å². The minimum absolute atomic E-state index is 0.0198. The second-order valence-electron chi connectivity index (χ2n) is 2.90. The molecule has 7 heteroatoms. The summed E-state index contributed by atoms with van der Waals surface area (Å²) in [6.45, 7) is -0.588. The smallest absolute Gasteiger partial charge is 0.244 e. The van der Waals surface area contributed by atoms with Crippen molar-refractivity contribution in [1.29, 1.82) is 0 Å². The quantitative estimate of drug-likeness (QED) is 0.588. The van der Waals surface area contributed by atoms with Crippen LogP contribution in [-0.4, -0.2) is 54.2 Å². The van der Waals surface area contributed by atoms with Gasteiger partial charge in [0.2, 0.25) is 10.0 Å². The van der Waals surface area contributed by atoms with E-state index in [1.807, 2.05) is 0 Å². The first-order valence-electron chi connectivity index (χ1n) is 4.47. The highest BCUT2D eigenvalue weighted by atomic mass is 32.2. The van der Waals surface area contributed by atoms with Gasteiger partial charge in [-0.05, 0) is 6.07 Å². The van der Waals surface area contributed by atoms with Gasteiger partial charge >= 0.3 is 0 Å². The molecule has 0 saturated heterocycles. The zero-order valence-electron chi connectivity index (χ0n) is 8.13. The number of H-pyrrole nitrogens is 1. The van der Waals surface area contributed by atoms with Crippen LogP contribution in [0.4, 0.5) is 0 Å². The molecule has 15 heavy (non-hydrogen) atoms. The van der Waals surface area contributed by atoms with E-state index in [0.29, 0.717) is 0 Å². The molecule has 1 rings (SSSR count). The molecular formula is C8H14N2O4S. The third kappa shape index (κ3) is 2.78. The molecule has 0 fully saturated rings. The monoisotopic (exact) mass is 234 g/mol. The van der Waals surface area contributed by atoms with Crippen molar-refractivity contribution in [3.05, 3.63) is 18.5 Å². The molecule has 3 N–H and O–H groups in total. The Hall–Kier alpha value is -0.890. The molecule has 1 aromatic heterocycles. The predicted octanol–water partition coefficient (Wildman–Crippen LogP) is -1.01. The topological polar surface area (TPSA) is 93.6 Å². The Kier molecular flexibility index (Phi) is 4.28. The molecular weight excluding hydrogens is 220 g/mol. The average Bonchev–Trinajstić information content (AvgIpc) is 2.70. The lowest BCUT2D eigenvalue weighted by Gasteiger charge is -2.19. The summed E-state index contributed by atoms with van der Waals surface area (Å²) in [5.74, 6) is 0. The Balaban J connectivity index is 2.91. The van der Waals surface area contributed by atoms with Crippen molar-refractivity contribution in [3.8, 4) is 0 Å². The summed E-state index contributed by atoms with van der Waals surface area (Å²) >= 11 is 0. The van der Waals surface area contributed by atoms with Crippen LogP contribution in [0.25, 0.3) is 0 Å². The molecule has 1 aromatic rings. The zero-order chi connectivity index (χ0) is 11.3. The van der Waals surface area contributed by atoms with Crippen LogP contribution in [0, 0.1) is 0 Å². The lowest BCUT2D eigenvalue weighted by molar-refractivity contribution is 0.217. The molecule has 0 aliphatic rings. The van der Waals surface area contributed by atoms with Crippen molar-refractivity contribution in [2.45, 2.75) is 4.90 Å². The third-order valence-electron chi connectivity index (χ3n) is 1.91. The second kappa shape index (κ2) is 5.26. The minimum Gasteiger partial charge on any atom is -0.395 e. The second-order valence-corrected chi connectivity index (χ2v) is 4.84. The molecule has 0 radical (unpaired) electrons. The van der Waals surface area contributed by atoms with E-state index >= 15 is 0 Å². The van der Waals surface area contributed by atoms with E-state index in [-0.39, 0.29) is 31.2 Å². The largest absolute Gasteiger partial charge is 0.395 e. The number of aromatic amines is 1. The van der Waals surface area contributed by atoms with Crippen LogP contribution in [0.3, 0.4) is 0 Å². The molecule has 0 unspecified atom stereocenters. The molecule has 1 heterocycles. The van der Waals surface area contributed by atoms with Crippen LogP contribution in [0.2, 0.25) is 0 Å². The van der Waals surface area contributed by atoms with Gasteiger partial charge in [0, 0.05) is 25.5 Å². The summed E-state index contributed by atoms with van der Waals surface area (Å²) in [5, 5.41) is 17.5. The van der Waals surface area contributed by atoms with Gasteiger partial charge in [0.15, 0.2) is 0 Å². The number of nitrogens with zero attached hydrogens (tertiary/aromatic N) is 1. The molecule has 86 valence electrons. The number of rotatable bonds is 6. The lowest BCUT2D eigenvalue weighted by atomic mass is 10.6. The number of aromatic nitrogens is 1. The molecule has 0 spiro atoms. The van der Waals surface area contributed by atoms with E-state index < -0.39 is 10.0 Å². The average molecular weight is 234 g/mol. The number of aliphatic hydroxyl groups is 2. The van der Waals surface area contributed by atoms with E-state index in [2.05, 4.69) is 4.98 Å². The number of nitrogens with one attached hydrogen (secondary N) is 1. The molecule has 0 amide bonds. The van der Waals surface area contributed by atoms with Crippen molar-refractivity contribution in [3.63, 3.8) is 0 Å². The Labute approximate surface area is 88.2 Å². The fourth-order valence-electron chi connectivity index (χ4n) is 1.19. The maximum atomic E-state index is 11.9. The van der Waals surface area contributed by atoms with Crippen LogP contribution < -0.4 is 0 Å². The Morgan fingerprint density at radius 1 is 1.27 bits per heavy atom. The zero-order valence-corrected chi connectivity index (χ0v) is 8.94. The first-order valence-corrected chi connectivity index (χ1v) is 5.91. The van der Waals surface area contributed by atoms with Gasteiger partial charge in [-0.15, -0.1) is 0 Å². The van der Waals surface area contributed by atoms with Crippen LogP contribution in [0.5, 0.6) is 0 Å². The molecule has 0 aromatic carbocycles. The fourth-order valence-corrected chi connectivity index (χ4v) is 2.59. The highest BCUT2D eigenvalue weighted by Gasteiger charge is 2.23. The normalized spacial score (nSPS) is 12.2. The molecule has 0 bridgehead atoms. The Morgan fingerprint density at radius 2 is 1.87 bits per heavy atom. The van der Waals surface area contributed by atoms with Crippen LogP contribution >= 0.6 is 0 Å². The van der Waals surface area contributed by atoms with Gasteiger partial charge < -0.3 is 15.2 Å². The van der Waals surface area contributed by atoms with E-state index in [9.17, 15) is 8.42 Å². The number of aliphatic hydroxyl groups excluding tert-OH is 2. The summed E-state index contributed by atoms with van der Waals surface area (Å²) in [4.78, 5) is 2.77. The number of hydrogen-bond donors (Lipinski definition) is 3. The maximum Gasteiger partial charge on any atom is 0.244 e. The fraction of sp³-hybridized carbons (Fsp3) is 0.500. The van der Waals surface area contributed by atoms with Gasteiger partial charge in [0.05, 0.1) is 18.1 Å². The predicted molar refractivity (Wildman–Crippen MR) is 53.7 cm³/mol. The SMILES string of the molecule is O=S(=O)(c1cc[nH]c1)N(CCO)CCO. The van der Waals surface area contributed by atoms with Gasteiger partial charge in [-0.3, -0.25) is 0 Å². The summed E-state index contributed by atoms with van der Waals surface area (Å²) in [6, 6.07) is 1.43. The molecule has 0 atom stereocenters. The molecule has 6 nitrogen and oxygen atoms in total. The van der Waals surface area contributed by atoms with Crippen molar-refractivity contribution < 1.29 is 18.6 Å².